The fourth-order valence-electron chi connectivity index (χ4n) is 7.24. The summed E-state index contributed by atoms with van der Waals surface area (Å²) < 4.78 is 6.20. The first-order valence-electron chi connectivity index (χ1n) is 15.2. The molecule has 0 bridgehead atoms. The van der Waals surface area contributed by atoms with Crippen LogP contribution in [0.1, 0.15) is 53.5 Å². The number of carboxylic acids is 1. The molecule has 0 spiro atoms. The Morgan fingerprint density at radius 2 is 1.53 bits per heavy atom. The van der Waals surface area contributed by atoms with Crippen molar-refractivity contribution >= 4 is 28.5 Å². The third-order valence-corrected chi connectivity index (χ3v) is 9.42. The van der Waals surface area contributed by atoms with Crippen molar-refractivity contribution in [1.82, 2.24) is 9.88 Å². The summed E-state index contributed by atoms with van der Waals surface area (Å²) in [6, 6.07) is 30.8. The van der Waals surface area contributed by atoms with Crippen molar-refractivity contribution in [2.24, 2.45) is 10.8 Å². The van der Waals surface area contributed by atoms with Gasteiger partial charge in [-0.3, -0.25) is 4.79 Å². The minimum Gasteiger partial charge on any atom is -0.478 e. The Morgan fingerprint density at radius 1 is 0.822 bits per heavy atom. The number of allylic oxidation sites excluding steroid dienone is 2. The molecular formula is C39H34N2O4. The number of benzene rings is 4. The Labute approximate surface area is 262 Å². The number of nitrogens with zero attached hydrogens (tertiary/aromatic N) is 2. The summed E-state index contributed by atoms with van der Waals surface area (Å²) in [5, 5.41) is 9.33. The second-order valence-corrected chi connectivity index (χ2v) is 12.8. The van der Waals surface area contributed by atoms with Crippen molar-refractivity contribution in [3.05, 3.63) is 131 Å². The molecule has 6 heteroatoms. The van der Waals surface area contributed by atoms with E-state index in [2.05, 4.69) is 45.1 Å². The maximum absolute atomic E-state index is 14.2. The number of aromatic nitrogens is 1. The highest BCUT2D eigenvalue weighted by Gasteiger charge is 2.46. The van der Waals surface area contributed by atoms with Gasteiger partial charge in [-0.15, -0.1) is 0 Å². The van der Waals surface area contributed by atoms with Crippen molar-refractivity contribution in [2.75, 3.05) is 13.1 Å². The van der Waals surface area contributed by atoms with Crippen molar-refractivity contribution in [3.63, 3.8) is 0 Å². The van der Waals surface area contributed by atoms with Gasteiger partial charge in [-0.1, -0.05) is 99.2 Å². The Balaban J connectivity index is 1.17. The minimum atomic E-state index is -0.930. The topological polar surface area (TPSA) is 83.6 Å². The summed E-state index contributed by atoms with van der Waals surface area (Å²) in [5.41, 5.74) is 8.10. The number of amides is 1. The molecule has 1 aliphatic carbocycles. The zero-order valence-corrected chi connectivity index (χ0v) is 25.6. The molecule has 0 saturated heterocycles. The van der Waals surface area contributed by atoms with Crippen LogP contribution in [0.2, 0.25) is 0 Å². The van der Waals surface area contributed by atoms with Gasteiger partial charge in [-0.05, 0) is 65.1 Å². The number of carbonyl (C=O) groups is 2. The van der Waals surface area contributed by atoms with Crippen molar-refractivity contribution in [3.8, 4) is 22.6 Å². The second-order valence-electron chi connectivity index (χ2n) is 12.8. The maximum Gasteiger partial charge on any atom is 0.335 e. The molecule has 0 unspecified atom stereocenters. The lowest BCUT2D eigenvalue weighted by Gasteiger charge is -2.50. The molecule has 2 heterocycles. The van der Waals surface area contributed by atoms with Crippen LogP contribution in [0.25, 0.3) is 39.3 Å². The number of carboxylic acid groups (broad SMARTS) is 1. The molecule has 1 atom stereocenters. The molecule has 2 aliphatic rings. The first-order chi connectivity index (χ1) is 21.6. The van der Waals surface area contributed by atoms with Gasteiger partial charge in [0.25, 0.3) is 5.91 Å². The fraction of sp³-hybridized carbons (Fsp3) is 0.205. The van der Waals surface area contributed by atoms with Gasteiger partial charge in [-0.2, -0.15) is 0 Å². The van der Waals surface area contributed by atoms with E-state index in [1.165, 1.54) is 11.1 Å². The van der Waals surface area contributed by atoms with Crippen LogP contribution in [0.15, 0.2) is 119 Å². The SMILES string of the molecule is CC1(C)C(c2ccc(C(=O)O)cc2)=CC[C@]2(C)CN(C(=O)c3ccccc3-c3nc4cc(-c5ccccc5)ccc4o3)CC=C12. The molecule has 1 amide bonds. The first kappa shape index (κ1) is 28.5. The van der Waals surface area contributed by atoms with E-state index >= 15 is 0 Å². The van der Waals surface area contributed by atoms with Crippen LogP contribution < -0.4 is 0 Å². The normalized spacial score (nSPS) is 19.0. The molecule has 0 radical (unpaired) electrons. The Kier molecular flexibility index (Phi) is 6.81. The Morgan fingerprint density at radius 3 is 2.29 bits per heavy atom. The summed E-state index contributed by atoms with van der Waals surface area (Å²) in [4.78, 5) is 32.3. The van der Waals surface area contributed by atoms with E-state index < -0.39 is 5.97 Å². The van der Waals surface area contributed by atoms with Crippen LogP contribution in [-0.4, -0.2) is 40.0 Å². The molecule has 6 nitrogen and oxygen atoms in total. The van der Waals surface area contributed by atoms with Crippen LogP contribution in [0, 0.1) is 10.8 Å². The first-order valence-corrected chi connectivity index (χ1v) is 15.2. The van der Waals surface area contributed by atoms with E-state index in [0.717, 1.165) is 28.6 Å². The molecule has 1 N–H and O–H groups in total. The average molecular weight is 595 g/mol. The van der Waals surface area contributed by atoms with Crippen molar-refractivity contribution < 1.29 is 19.1 Å². The smallest absolute Gasteiger partial charge is 0.335 e. The molecule has 7 rings (SSSR count). The van der Waals surface area contributed by atoms with Gasteiger partial charge in [0.1, 0.15) is 5.52 Å². The highest BCUT2D eigenvalue weighted by molar-refractivity contribution is 6.01. The summed E-state index contributed by atoms with van der Waals surface area (Å²) in [6.45, 7) is 7.76. The van der Waals surface area contributed by atoms with Gasteiger partial charge in [0, 0.05) is 29.5 Å². The van der Waals surface area contributed by atoms with Gasteiger partial charge < -0.3 is 14.4 Å². The maximum atomic E-state index is 14.2. The second kappa shape index (κ2) is 10.7. The zero-order valence-electron chi connectivity index (χ0n) is 25.6. The minimum absolute atomic E-state index is 0.0498. The number of hydrogen-bond acceptors (Lipinski definition) is 4. The largest absolute Gasteiger partial charge is 0.478 e. The van der Waals surface area contributed by atoms with Crippen LogP contribution in [0.4, 0.5) is 0 Å². The van der Waals surface area contributed by atoms with Crippen LogP contribution >= 0.6 is 0 Å². The predicted molar refractivity (Wildman–Crippen MR) is 177 cm³/mol. The van der Waals surface area contributed by atoms with Gasteiger partial charge >= 0.3 is 5.97 Å². The van der Waals surface area contributed by atoms with Gasteiger partial charge in [-0.25, -0.2) is 9.78 Å². The van der Waals surface area contributed by atoms with E-state index in [-0.39, 0.29) is 22.3 Å². The average Bonchev–Trinajstić information content (AvgIpc) is 3.48. The molecule has 1 aliphatic heterocycles. The number of fused-ring (bicyclic) bond motifs is 2. The number of oxazole rings is 1. The van der Waals surface area contributed by atoms with Crippen molar-refractivity contribution in [2.45, 2.75) is 27.2 Å². The number of carbonyl (C=O) groups excluding carboxylic acids is 1. The monoisotopic (exact) mass is 594 g/mol. The van der Waals surface area contributed by atoms with Gasteiger partial charge in [0.15, 0.2) is 5.58 Å². The summed E-state index contributed by atoms with van der Waals surface area (Å²) >= 11 is 0. The van der Waals surface area contributed by atoms with E-state index in [9.17, 15) is 14.7 Å². The quantitative estimate of drug-likeness (QED) is 0.206. The highest BCUT2D eigenvalue weighted by atomic mass is 16.4. The summed E-state index contributed by atoms with van der Waals surface area (Å²) in [5.74, 6) is -0.550. The lowest BCUT2D eigenvalue weighted by atomic mass is 9.58. The molecule has 45 heavy (non-hydrogen) atoms. The third-order valence-electron chi connectivity index (χ3n) is 9.42. The summed E-state index contributed by atoms with van der Waals surface area (Å²) in [6.07, 6.45) is 5.25. The Hall–Kier alpha value is -5.23. The van der Waals surface area contributed by atoms with Crippen LogP contribution in [0.3, 0.4) is 0 Å². The number of hydrogen-bond donors (Lipinski definition) is 1. The fourth-order valence-corrected chi connectivity index (χ4v) is 7.24. The van der Waals surface area contributed by atoms with E-state index in [0.29, 0.717) is 35.7 Å². The molecule has 0 fully saturated rings. The molecule has 224 valence electrons. The number of rotatable bonds is 5. The Bertz CT molecular complexity index is 2020. The third kappa shape index (κ3) is 4.96. The molecular weight excluding hydrogens is 560 g/mol. The summed E-state index contributed by atoms with van der Waals surface area (Å²) in [7, 11) is 0. The van der Waals surface area contributed by atoms with Gasteiger partial charge in [0.05, 0.1) is 11.1 Å². The van der Waals surface area contributed by atoms with Gasteiger partial charge in [0.2, 0.25) is 5.89 Å². The van der Waals surface area contributed by atoms with Crippen LogP contribution in [-0.2, 0) is 0 Å². The van der Waals surface area contributed by atoms with E-state index in [4.69, 9.17) is 9.40 Å². The van der Waals surface area contributed by atoms with Crippen molar-refractivity contribution in [1.29, 1.82) is 0 Å². The molecule has 4 aromatic carbocycles. The lowest BCUT2D eigenvalue weighted by molar-refractivity contribution is 0.0679. The van der Waals surface area contributed by atoms with Crippen LogP contribution in [0.5, 0.6) is 0 Å². The molecule has 0 saturated carbocycles. The van der Waals surface area contributed by atoms with E-state index in [1.54, 1.807) is 12.1 Å². The highest BCUT2D eigenvalue weighted by Crippen LogP contribution is 2.55. The number of aromatic carboxylic acids is 1. The standard InChI is InChI=1S/C39H34N2O4/c1-38(2)31(26-13-15-27(16-14-26)37(43)44)19-21-39(3)24-41(22-20-34(38)39)36(42)30-12-8-7-11-29(30)35-40-32-23-28(17-18-33(32)45-35)25-9-5-4-6-10-25/h4-20,23H,21-22,24H2,1-3H3,(H,43,44)/t39-/m1/s1. The zero-order chi connectivity index (χ0) is 31.3. The predicted octanol–water partition coefficient (Wildman–Crippen LogP) is 8.76. The molecule has 5 aromatic rings. The molecule has 1 aromatic heterocycles. The van der Waals surface area contributed by atoms with E-state index in [1.807, 2.05) is 77.7 Å². The lowest BCUT2D eigenvalue weighted by Crippen LogP contribution is -2.48.